The molecule has 3 aromatic heterocycles. The van der Waals surface area contributed by atoms with E-state index in [4.69, 9.17) is 4.98 Å². The molecule has 2 N–H and O–H groups in total. The average molecular weight is 508 g/mol. The Kier molecular flexibility index (Phi) is 6.63. The molecule has 2 saturated heterocycles. The Morgan fingerprint density at radius 2 is 1.81 bits per heavy atom. The van der Waals surface area contributed by atoms with Gasteiger partial charge < -0.3 is 10.2 Å². The number of hydrogen-bond donors (Lipinski definition) is 2. The van der Waals surface area contributed by atoms with Crippen LogP contribution in [0.1, 0.15) is 26.7 Å². The van der Waals surface area contributed by atoms with Crippen LogP contribution in [0.15, 0.2) is 49.1 Å². The molecule has 4 aromatic rings. The highest BCUT2D eigenvalue weighted by atomic mass is 35.5. The van der Waals surface area contributed by atoms with Crippen LogP contribution in [0, 0.1) is 5.92 Å². The van der Waals surface area contributed by atoms with Gasteiger partial charge in [0.1, 0.15) is 12.1 Å². The van der Waals surface area contributed by atoms with Crippen molar-refractivity contribution in [3.05, 3.63) is 49.1 Å². The molecule has 0 unspecified atom stereocenters. The van der Waals surface area contributed by atoms with Crippen molar-refractivity contribution in [2.24, 2.45) is 5.92 Å². The minimum atomic E-state index is 0. The third-order valence-corrected chi connectivity index (χ3v) is 7.16. The molecule has 1 atom stereocenters. The summed E-state index contributed by atoms with van der Waals surface area (Å²) in [7, 11) is 0. The minimum Gasteiger partial charge on any atom is -0.319 e. The van der Waals surface area contributed by atoms with E-state index >= 15 is 0 Å². The highest BCUT2D eigenvalue weighted by Gasteiger charge is 2.43. The standard InChI is InChI=1S/C25H29N9O.ClH/c1-16(2)21-14-32(19-7-10-26-11-8-19)25(35)34(21)22-9-12-33-24(30-22)20(13-29-33)17-3-5-18(6-4-17)23-27-15-28-31-23;/h3-6,9,12-13,15-16,19,21,26H,7-8,10-11,14H2,1-2H3,(H,27,28,31);1H/t21-;/m1./s1. The molecule has 0 bridgehead atoms. The third kappa shape index (κ3) is 4.20. The smallest absolute Gasteiger partial charge is 0.319 e. The molecule has 1 aromatic carbocycles. The second kappa shape index (κ2) is 9.87. The minimum absolute atomic E-state index is 0. The lowest BCUT2D eigenvalue weighted by Gasteiger charge is -2.31. The lowest BCUT2D eigenvalue weighted by Crippen LogP contribution is -2.45. The summed E-state index contributed by atoms with van der Waals surface area (Å²) in [6, 6.07) is 10.3. The zero-order chi connectivity index (χ0) is 23.9. The fourth-order valence-corrected chi connectivity index (χ4v) is 5.19. The van der Waals surface area contributed by atoms with Gasteiger partial charge in [0.05, 0.1) is 12.2 Å². The molecule has 0 aliphatic carbocycles. The molecular formula is C25H30ClN9O. The maximum atomic E-state index is 13.7. The van der Waals surface area contributed by atoms with E-state index in [9.17, 15) is 4.79 Å². The number of urea groups is 1. The van der Waals surface area contributed by atoms with Gasteiger partial charge in [-0.05, 0) is 43.5 Å². The number of anilines is 1. The zero-order valence-corrected chi connectivity index (χ0v) is 21.1. The number of hydrogen-bond acceptors (Lipinski definition) is 6. The number of carbonyl (C=O) groups excluding carboxylic acids is 1. The van der Waals surface area contributed by atoms with Crippen molar-refractivity contribution in [2.75, 3.05) is 24.5 Å². The summed E-state index contributed by atoms with van der Waals surface area (Å²) in [5.41, 5.74) is 3.56. The van der Waals surface area contributed by atoms with Crippen molar-refractivity contribution >= 4 is 29.9 Å². The number of H-pyrrole nitrogens is 1. The molecule has 2 fully saturated rings. The lowest BCUT2D eigenvalue weighted by atomic mass is 10.0. The molecule has 0 radical (unpaired) electrons. The van der Waals surface area contributed by atoms with Gasteiger partial charge >= 0.3 is 6.03 Å². The van der Waals surface area contributed by atoms with Crippen LogP contribution >= 0.6 is 12.4 Å². The van der Waals surface area contributed by atoms with E-state index in [-0.39, 0.29) is 30.5 Å². The predicted molar refractivity (Wildman–Crippen MR) is 140 cm³/mol. The molecule has 0 saturated carbocycles. The summed E-state index contributed by atoms with van der Waals surface area (Å²) in [4.78, 5) is 26.8. The number of aromatic nitrogens is 6. The highest BCUT2D eigenvalue weighted by molar-refractivity contribution is 5.95. The molecule has 6 rings (SSSR count). The van der Waals surface area contributed by atoms with Crippen LogP contribution in [0.5, 0.6) is 0 Å². The van der Waals surface area contributed by atoms with Gasteiger partial charge in [-0.2, -0.15) is 10.2 Å². The summed E-state index contributed by atoms with van der Waals surface area (Å²) < 4.78 is 1.76. The molecule has 2 aliphatic heterocycles. The SMILES string of the molecule is CC(C)[C@H]1CN(C2CCNCC2)C(=O)N1c1ccn2ncc(-c3ccc(-c4nc[nH]n4)cc3)c2n1.Cl. The third-order valence-electron chi connectivity index (χ3n) is 7.16. The van der Waals surface area contributed by atoms with Crippen LogP contribution in [-0.2, 0) is 0 Å². The summed E-state index contributed by atoms with van der Waals surface area (Å²) in [5, 5.41) is 14.8. The molecule has 2 amide bonds. The van der Waals surface area contributed by atoms with Gasteiger partial charge in [-0.1, -0.05) is 38.1 Å². The number of nitrogens with one attached hydrogen (secondary N) is 2. The molecule has 11 heteroatoms. The number of amides is 2. The molecule has 0 spiro atoms. The second-order valence-corrected chi connectivity index (χ2v) is 9.61. The van der Waals surface area contributed by atoms with E-state index in [1.165, 1.54) is 0 Å². The normalized spacial score (nSPS) is 18.9. The Labute approximate surface area is 215 Å². The molecule has 2 aliphatic rings. The van der Waals surface area contributed by atoms with Gasteiger partial charge in [-0.25, -0.2) is 19.3 Å². The summed E-state index contributed by atoms with van der Waals surface area (Å²) >= 11 is 0. The van der Waals surface area contributed by atoms with Crippen LogP contribution in [0.2, 0.25) is 0 Å². The van der Waals surface area contributed by atoms with Crippen molar-refractivity contribution in [1.29, 1.82) is 0 Å². The van der Waals surface area contributed by atoms with Gasteiger partial charge in [0.25, 0.3) is 0 Å². The van der Waals surface area contributed by atoms with Gasteiger partial charge in [-0.3, -0.25) is 10.00 Å². The van der Waals surface area contributed by atoms with Crippen molar-refractivity contribution in [3.63, 3.8) is 0 Å². The lowest BCUT2D eigenvalue weighted by molar-refractivity contribution is 0.182. The van der Waals surface area contributed by atoms with Gasteiger partial charge in [0.2, 0.25) is 0 Å². The van der Waals surface area contributed by atoms with Gasteiger partial charge in [0.15, 0.2) is 11.5 Å². The first-order valence-corrected chi connectivity index (χ1v) is 12.2. The Balaban J connectivity index is 0.00000267. The maximum absolute atomic E-state index is 13.7. The summed E-state index contributed by atoms with van der Waals surface area (Å²) in [6.45, 7) is 7.01. The fourth-order valence-electron chi connectivity index (χ4n) is 5.19. The monoisotopic (exact) mass is 507 g/mol. The van der Waals surface area contributed by atoms with Crippen molar-refractivity contribution in [3.8, 4) is 22.5 Å². The largest absolute Gasteiger partial charge is 0.326 e. The van der Waals surface area contributed by atoms with E-state index in [2.05, 4.69) is 44.3 Å². The Morgan fingerprint density at radius 1 is 1.06 bits per heavy atom. The van der Waals surface area contributed by atoms with Gasteiger partial charge in [-0.15, -0.1) is 12.4 Å². The molecular weight excluding hydrogens is 478 g/mol. The Hall–Kier alpha value is -3.50. The van der Waals surface area contributed by atoms with Gasteiger partial charge in [0, 0.05) is 29.9 Å². The van der Waals surface area contributed by atoms with Crippen LogP contribution in [0.3, 0.4) is 0 Å². The van der Waals surface area contributed by atoms with E-state index in [1.54, 1.807) is 10.8 Å². The number of benzene rings is 1. The number of halogens is 1. The first-order valence-electron chi connectivity index (χ1n) is 12.2. The first kappa shape index (κ1) is 24.2. The second-order valence-electron chi connectivity index (χ2n) is 9.61. The van der Waals surface area contributed by atoms with E-state index in [0.717, 1.165) is 54.8 Å². The number of fused-ring (bicyclic) bond motifs is 1. The van der Waals surface area contributed by atoms with Crippen molar-refractivity contribution < 1.29 is 4.79 Å². The van der Waals surface area contributed by atoms with Crippen LogP contribution in [-0.4, -0.2) is 72.4 Å². The van der Waals surface area contributed by atoms with E-state index < -0.39 is 0 Å². The van der Waals surface area contributed by atoms with Crippen LogP contribution in [0.4, 0.5) is 10.6 Å². The van der Waals surface area contributed by atoms with Crippen LogP contribution in [0.25, 0.3) is 28.2 Å². The molecule has 188 valence electrons. The highest BCUT2D eigenvalue weighted by Crippen LogP contribution is 2.32. The number of rotatable bonds is 5. The summed E-state index contributed by atoms with van der Waals surface area (Å²) in [6.07, 6.45) is 7.26. The quantitative estimate of drug-likeness (QED) is 0.427. The maximum Gasteiger partial charge on any atom is 0.326 e. The molecule has 10 nitrogen and oxygen atoms in total. The predicted octanol–water partition coefficient (Wildman–Crippen LogP) is 3.62. The average Bonchev–Trinajstić information content (AvgIpc) is 3.63. The van der Waals surface area contributed by atoms with E-state index in [1.807, 2.05) is 47.6 Å². The van der Waals surface area contributed by atoms with Crippen molar-refractivity contribution in [1.82, 2.24) is 40.0 Å². The van der Waals surface area contributed by atoms with Crippen LogP contribution < -0.4 is 10.2 Å². The molecule has 36 heavy (non-hydrogen) atoms. The topological polar surface area (TPSA) is 107 Å². The zero-order valence-electron chi connectivity index (χ0n) is 20.3. The van der Waals surface area contributed by atoms with Crippen molar-refractivity contribution in [2.45, 2.75) is 38.8 Å². The number of nitrogens with zero attached hydrogens (tertiary/aromatic N) is 7. The number of piperidine rings is 1. The van der Waals surface area contributed by atoms with E-state index in [0.29, 0.717) is 17.6 Å². The molecule has 5 heterocycles. The summed E-state index contributed by atoms with van der Waals surface area (Å²) in [5.74, 6) is 1.65. The Morgan fingerprint density at radius 3 is 2.50 bits per heavy atom. The number of carbonyl (C=O) groups is 1. The Bertz CT molecular complexity index is 1330. The fraction of sp³-hybridized carbons (Fsp3) is 0.400. The first-order chi connectivity index (χ1) is 17.1. The number of aromatic amines is 1.